The summed E-state index contributed by atoms with van der Waals surface area (Å²) in [6, 6.07) is 0. The van der Waals surface area contributed by atoms with Gasteiger partial charge in [0.15, 0.2) is 0 Å². The Morgan fingerprint density at radius 1 is 0.824 bits per heavy atom. The Morgan fingerprint density at radius 2 is 1.12 bits per heavy atom. The first-order valence-corrected chi connectivity index (χ1v) is 6.34. The number of nitrogens with one attached hydrogen (secondary N) is 1. The van der Waals surface area contributed by atoms with Crippen molar-refractivity contribution >= 4 is 11.6 Å². The van der Waals surface area contributed by atoms with E-state index >= 15 is 0 Å². The largest absolute Gasteiger partial charge is 0.315 e. The molecule has 0 radical (unpaired) electrons. The van der Waals surface area contributed by atoms with E-state index in [0.29, 0.717) is 13.1 Å². The minimum atomic E-state index is -0.368. The average Bonchev–Trinajstić information content (AvgIpc) is 2.60. The molecule has 3 heteroatoms. The van der Waals surface area contributed by atoms with Gasteiger partial charge < -0.3 is 5.32 Å². The van der Waals surface area contributed by atoms with Gasteiger partial charge in [-0.3, -0.25) is 9.59 Å². The number of hydrogen-bond acceptors (Lipinski definition) is 3. The van der Waals surface area contributed by atoms with E-state index in [9.17, 15) is 9.59 Å². The molecule has 17 heavy (non-hydrogen) atoms. The summed E-state index contributed by atoms with van der Waals surface area (Å²) in [6.45, 7) is 12.8. The molecule has 1 saturated heterocycles. The zero-order chi connectivity index (χ0) is 13.4. The molecule has 3 nitrogen and oxygen atoms in total. The fourth-order valence-corrected chi connectivity index (χ4v) is 2.34. The van der Waals surface area contributed by atoms with Crippen LogP contribution in [0.4, 0.5) is 0 Å². The molecule has 1 aliphatic rings. The van der Waals surface area contributed by atoms with Crippen molar-refractivity contribution in [3.8, 4) is 0 Å². The minimum absolute atomic E-state index is 0.151. The molecule has 0 aliphatic carbocycles. The molecular weight excluding hydrogens is 214 g/mol. The van der Waals surface area contributed by atoms with Crippen LogP contribution in [0.1, 0.15) is 41.5 Å². The van der Waals surface area contributed by atoms with Crippen molar-refractivity contribution in [2.45, 2.75) is 41.5 Å². The molecule has 0 bridgehead atoms. The Morgan fingerprint density at radius 3 is 1.35 bits per heavy atom. The first-order valence-electron chi connectivity index (χ1n) is 6.34. The highest BCUT2D eigenvalue weighted by Crippen LogP contribution is 2.32. The Hall–Kier alpha value is -0.700. The normalized spacial score (nSPS) is 26.0. The van der Waals surface area contributed by atoms with E-state index in [1.807, 2.05) is 41.5 Å². The van der Waals surface area contributed by atoms with E-state index in [1.54, 1.807) is 0 Å². The zero-order valence-electron chi connectivity index (χ0n) is 11.9. The molecule has 0 saturated carbocycles. The predicted molar refractivity (Wildman–Crippen MR) is 68.8 cm³/mol. The molecule has 0 amide bonds. The van der Waals surface area contributed by atoms with Crippen LogP contribution >= 0.6 is 0 Å². The fourth-order valence-electron chi connectivity index (χ4n) is 2.34. The third-order valence-electron chi connectivity index (χ3n) is 3.37. The Kier molecular flexibility index (Phi) is 3.82. The monoisotopic (exact) mass is 239 g/mol. The lowest BCUT2D eigenvalue weighted by Gasteiger charge is -2.28. The van der Waals surface area contributed by atoms with Gasteiger partial charge in [-0.15, -0.1) is 0 Å². The summed E-state index contributed by atoms with van der Waals surface area (Å²) in [5.74, 6) is 0.0960. The van der Waals surface area contributed by atoms with E-state index in [4.69, 9.17) is 0 Å². The summed E-state index contributed by atoms with van der Waals surface area (Å²) in [5, 5.41) is 3.19. The first kappa shape index (κ1) is 14.4. The quantitative estimate of drug-likeness (QED) is 0.802. The molecule has 1 fully saturated rings. The molecule has 2 atom stereocenters. The molecule has 0 spiro atoms. The van der Waals surface area contributed by atoms with Crippen LogP contribution in [0.2, 0.25) is 0 Å². The number of carbonyl (C=O) groups is 2. The smallest absolute Gasteiger partial charge is 0.143 e. The summed E-state index contributed by atoms with van der Waals surface area (Å²) in [7, 11) is 0. The van der Waals surface area contributed by atoms with Crippen molar-refractivity contribution in [2.24, 2.45) is 22.7 Å². The Bertz CT molecular complexity index is 288. The second-order valence-electron chi connectivity index (χ2n) is 7.10. The summed E-state index contributed by atoms with van der Waals surface area (Å²) in [5.41, 5.74) is -0.736. The van der Waals surface area contributed by atoms with Gasteiger partial charge in [-0.2, -0.15) is 0 Å². The molecule has 1 N–H and O–H groups in total. The number of carbonyl (C=O) groups excluding carboxylic acids is 2. The van der Waals surface area contributed by atoms with Crippen molar-refractivity contribution in [3.63, 3.8) is 0 Å². The summed E-state index contributed by atoms with van der Waals surface area (Å²) in [6.07, 6.45) is 0. The lowest BCUT2D eigenvalue weighted by atomic mass is 9.73. The molecule has 1 heterocycles. The second kappa shape index (κ2) is 4.52. The van der Waals surface area contributed by atoms with Gasteiger partial charge >= 0.3 is 0 Å². The lowest BCUT2D eigenvalue weighted by molar-refractivity contribution is -0.138. The van der Waals surface area contributed by atoms with E-state index in [2.05, 4.69) is 5.32 Å². The van der Waals surface area contributed by atoms with E-state index in [0.717, 1.165) is 0 Å². The molecule has 1 rings (SSSR count). The van der Waals surface area contributed by atoms with Crippen molar-refractivity contribution in [1.29, 1.82) is 0 Å². The van der Waals surface area contributed by atoms with Gasteiger partial charge in [-0.1, -0.05) is 41.5 Å². The summed E-state index contributed by atoms with van der Waals surface area (Å²) < 4.78 is 0. The van der Waals surface area contributed by atoms with Gasteiger partial charge in [-0.05, 0) is 0 Å². The number of rotatable bonds is 2. The first-order chi connectivity index (χ1) is 7.55. The number of ketones is 2. The molecule has 0 aromatic rings. The fraction of sp³-hybridized carbons (Fsp3) is 0.857. The Labute approximate surface area is 104 Å². The third kappa shape index (κ3) is 3.15. The minimum Gasteiger partial charge on any atom is -0.315 e. The van der Waals surface area contributed by atoms with Crippen LogP contribution in [0, 0.1) is 22.7 Å². The van der Waals surface area contributed by atoms with Crippen molar-refractivity contribution in [2.75, 3.05) is 13.1 Å². The van der Waals surface area contributed by atoms with Crippen LogP contribution in [-0.2, 0) is 9.59 Å². The molecule has 0 aromatic heterocycles. The van der Waals surface area contributed by atoms with Gasteiger partial charge in [0.1, 0.15) is 11.6 Å². The van der Waals surface area contributed by atoms with Crippen LogP contribution in [0.5, 0.6) is 0 Å². The van der Waals surface area contributed by atoms with Crippen molar-refractivity contribution in [3.05, 3.63) is 0 Å². The van der Waals surface area contributed by atoms with E-state index < -0.39 is 0 Å². The van der Waals surface area contributed by atoms with Gasteiger partial charge in [0.05, 0.1) is 0 Å². The molecule has 0 unspecified atom stereocenters. The van der Waals surface area contributed by atoms with Crippen LogP contribution in [0.3, 0.4) is 0 Å². The third-order valence-corrected chi connectivity index (χ3v) is 3.37. The van der Waals surface area contributed by atoms with Crippen LogP contribution < -0.4 is 5.32 Å². The maximum Gasteiger partial charge on any atom is 0.143 e. The molecular formula is C14H25NO2. The molecule has 0 aromatic carbocycles. The van der Waals surface area contributed by atoms with Gasteiger partial charge in [0, 0.05) is 35.8 Å². The molecule has 1 aliphatic heterocycles. The summed E-state index contributed by atoms with van der Waals surface area (Å²) >= 11 is 0. The molecule has 98 valence electrons. The highest BCUT2D eigenvalue weighted by molar-refractivity contribution is 5.95. The lowest BCUT2D eigenvalue weighted by Crippen LogP contribution is -2.39. The van der Waals surface area contributed by atoms with Gasteiger partial charge in [-0.25, -0.2) is 0 Å². The maximum absolute atomic E-state index is 12.3. The Balaban J connectivity index is 2.88. The predicted octanol–water partition coefficient (Wildman–Crippen LogP) is 2.05. The van der Waals surface area contributed by atoms with Gasteiger partial charge in [0.25, 0.3) is 0 Å². The standard InChI is InChI=1S/C14H25NO2/c1-13(2,3)11(16)9-7-15-8-10(9)12(17)14(4,5)6/h9-10,15H,7-8H2,1-6H3/t9-,10-/m1/s1. The van der Waals surface area contributed by atoms with E-state index in [1.165, 1.54) is 0 Å². The summed E-state index contributed by atoms with van der Waals surface area (Å²) in [4.78, 5) is 24.6. The van der Waals surface area contributed by atoms with E-state index in [-0.39, 0.29) is 34.2 Å². The van der Waals surface area contributed by atoms with Crippen LogP contribution in [0.15, 0.2) is 0 Å². The number of hydrogen-bond donors (Lipinski definition) is 1. The SMILES string of the molecule is CC(C)(C)C(=O)[C@@H]1CNC[C@H]1C(=O)C(C)(C)C. The van der Waals surface area contributed by atoms with Crippen molar-refractivity contribution in [1.82, 2.24) is 5.32 Å². The maximum atomic E-state index is 12.3. The topological polar surface area (TPSA) is 46.2 Å². The number of Topliss-reactive ketones (excluding diaryl/α,β-unsaturated/α-hetero) is 2. The van der Waals surface area contributed by atoms with Gasteiger partial charge in [0.2, 0.25) is 0 Å². The van der Waals surface area contributed by atoms with Crippen molar-refractivity contribution < 1.29 is 9.59 Å². The highest BCUT2D eigenvalue weighted by Gasteiger charge is 2.44. The average molecular weight is 239 g/mol. The zero-order valence-corrected chi connectivity index (χ0v) is 11.9. The highest BCUT2D eigenvalue weighted by atomic mass is 16.1. The second-order valence-corrected chi connectivity index (χ2v) is 7.10. The van der Waals surface area contributed by atoms with Crippen LogP contribution in [-0.4, -0.2) is 24.7 Å². The van der Waals surface area contributed by atoms with Crippen LogP contribution in [0.25, 0.3) is 0 Å².